The summed E-state index contributed by atoms with van der Waals surface area (Å²) in [7, 11) is 5.55. The van der Waals surface area contributed by atoms with E-state index in [1.807, 2.05) is 51.0 Å². The highest BCUT2D eigenvalue weighted by Crippen LogP contribution is 2.29. The van der Waals surface area contributed by atoms with E-state index < -0.39 is 11.4 Å². The van der Waals surface area contributed by atoms with Gasteiger partial charge in [0.15, 0.2) is 5.65 Å². The lowest BCUT2D eigenvalue weighted by Crippen LogP contribution is -2.37. The Hall–Kier alpha value is -3.82. The van der Waals surface area contributed by atoms with E-state index in [4.69, 9.17) is 16.3 Å². The summed E-state index contributed by atoms with van der Waals surface area (Å²) in [5, 5.41) is 3.15. The lowest BCUT2D eigenvalue weighted by molar-refractivity contribution is -0.122. The van der Waals surface area contributed by atoms with Gasteiger partial charge in [0.25, 0.3) is 5.56 Å². The minimum absolute atomic E-state index is 0.0951. The smallest absolute Gasteiger partial charge is 0.263 e. The molecule has 0 atom stereocenters. The van der Waals surface area contributed by atoms with Gasteiger partial charge >= 0.3 is 0 Å². The highest BCUT2D eigenvalue weighted by molar-refractivity contribution is 6.30. The summed E-state index contributed by atoms with van der Waals surface area (Å²) in [6.07, 6.45) is 1.63. The van der Waals surface area contributed by atoms with Crippen molar-refractivity contribution in [2.24, 2.45) is 0 Å². The third-order valence-electron chi connectivity index (χ3n) is 5.72. The molecule has 4 rings (SSSR count). The number of pyridine rings is 1. The van der Waals surface area contributed by atoms with E-state index in [1.54, 1.807) is 19.4 Å². The molecule has 0 aliphatic carbocycles. The van der Waals surface area contributed by atoms with E-state index in [2.05, 4.69) is 15.3 Å². The number of halogens is 2. The maximum Gasteiger partial charge on any atom is 0.263 e. The summed E-state index contributed by atoms with van der Waals surface area (Å²) in [4.78, 5) is 37.5. The first-order valence-corrected chi connectivity index (χ1v) is 12.4. The molecule has 0 spiro atoms. The molecule has 2 aromatic carbocycles. The van der Waals surface area contributed by atoms with Crippen molar-refractivity contribution in [3.8, 4) is 28.3 Å². The number of hydrogen-bond donors (Lipinski definition) is 1. The summed E-state index contributed by atoms with van der Waals surface area (Å²) >= 11 is 6.08. The van der Waals surface area contributed by atoms with Crippen LogP contribution in [0.25, 0.3) is 33.5 Å². The van der Waals surface area contributed by atoms with Crippen molar-refractivity contribution in [2.75, 3.05) is 21.2 Å². The summed E-state index contributed by atoms with van der Waals surface area (Å²) in [6.45, 7) is 4.03. The predicted octanol–water partition coefficient (Wildman–Crippen LogP) is 4.51. The number of aromatic nitrogens is 3. The summed E-state index contributed by atoms with van der Waals surface area (Å²) in [6, 6.07) is 11.3. The highest BCUT2D eigenvalue weighted by Gasteiger charge is 2.19. The molecule has 0 saturated heterocycles. The van der Waals surface area contributed by atoms with E-state index >= 15 is 0 Å². The lowest BCUT2D eigenvalue weighted by Gasteiger charge is -2.16. The molecule has 1 N–H and O–H groups in total. The molecule has 8 nitrogen and oxygen atoms in total. The number of methoxy groups -OCH3 is 1. The third kappa shape index (κ3) is 6.17. The van der Waals surface area contributed by atoms with Gasteiger partial charge in [-0.05, 0) is 81.5 Å². The topological polar surface area (TPSA) is 89.3 Å². The number of benzene rings is 2. The molecular weight excluding hydrogens is 509 g/mol. The van der Waals surface area contributed by atoms with Crippen molar-refractivity contribution < 1.29 is 13.9 Å². The lowest BCUT2D eigenvalue weighted by atomic mass is 10.0. The van der Waals surface area contributed by atoms with Gasteiger partial charge in [0.05, 0.1) is 12.5 Å². The average molecular weight is 538 g/mol. The second kappa shape index (κ2) is 11.3. The molecule has 0 aliphatic rings. The first kappa shape index (κ1) is 27.2. The van der Waals surface area contributed by atoms with Crippen LogP contribution >= 0.6 is 11.6 Å². The number of carbonyl (C=O) groups is 1. The van der Waals surface area contributed by atoms with Gasteiger partial charge in [-0.1, -0.05) is 11.6 Å². The van der Waals surface area contributed by atoms with Gasteiger partial charge in [0.1, 0.15) is 23.9 Å². The monoisotopic (exact) mass is 537 g/mol. The van der Waals surface area contributed by atoms with Gasteiger partial charge in [0.2, 0.25) is 5.91 Å². The second-order valence-corrected chi connectivity index (χ2v) is 10.0. The molecule has 0 unspecified atom stereocenters. The molecule has 0 radical (unpaired) electrons. The van der Waals surface area contributed by atoms with Crippen molar-refractivity contribution in [3.63, 3.8) is 0 Å². The zero-order valence-corrected chi connectivity index (χ0v) is 22.6. The number of rotatable bonds is 8. The van der Waals surface area contributed by atoms with Gasteiger partial charge in [0, 0.05) is 34.9 Å². The number of hydrogen-bond acceptors (Lipinski definition) is 6. The molecule has 2 heterocycles. The van der Waals surface area contributed by atoms with Crippen molar-refractivity contribution in [1.29, 1.82) is 0 Å². The molecule has 38 heavy (non-hydrogen) atoms. The minimum Gasteiger partial charge on any atom is -0.497 e. The normalized spacial score (nSPS) is 11.4. The Morgan fingerprint density at radius 3 is 2.53 bits per heavy atom. The van der Waals surface area contributed by atoms with Crippen LogP contribution in [0.5, 0.6) is 5.75 Å². The zero-order valence-electron chi connectivity index (χ0n) is 21.9. The average Bonchev–Trinajstić information content (AvgIpc) is 2.83. The quantitative estimate of drug-likeness (QED) is 0.356. The van der Waals surface area contributed by atoms with Crippen LogP contribution in [0.1, 0.15) is 19.4 Å². The Morgan fingerprint density at radius 1 is 1.11 bits per heavy atom. The van der Waals surface area contributed by atoms with Crippen LogP contribution < -0.4 is 15.6 Å². The van der Waals surface area contributed by atoms with Crippen LogP contribution in [0.2, 0.25) is 5.02 Å². The molecule has 1 amide bonds. The minimum atomic E-state index is -0.588. The van der Waals surface area contributed by atoms with E-state index in [0.717, 1.165) is 17.2 Å². The van der Waals surface area contributed by atoms with Crippen LogP contribution in [-0.4, -0.2) is 52.6 Å². The SMILES string of the molecule is COc1cc(CN(C)C)cc(-c2cnc3nc(-c4cc(F)cc(Cl)c4)n(CC(=O)NC(C)C)c(=O)c3c2)c1. The van der Waals surface area contributed by atoms with Crippen LogP contribution in [0.3, 0.4) is 0 Å². The molecular formula is C28H29ClFN5O3. The Morgan fingerprint density at radius 2 is 1.87 bits per heavy atom. The summed E-state index contributed by atoms with van der Waals surface area (Å²) in [5.74, 6) is -0.191. The number of amides is 1. The summed E-state index contributed by atoms with van der Waals surface area (Å²) in [5.41, 5.74) is 2.50. The number of nitrogens with one attached hydrogen (secondary N) is 1. The second-order valence-electron chi connectivity index (χ2n) is 9.61. The number of carbonyl (C=O) groups excluding carboxylic acids is 1. The number of nitrogens with zero attached hydrogens (tertiary/aromatic N) is 4. The van der Waals surface area contributed by atoms with E-state index in [0.29, 0.717) is 17.9 Å². The fraction of sp³-hybridized carbons (Fsp3) is 0.286. The standard InChI is InChI=1S/C28H29ClFN5O3/c1-16(2)32-25(36)15-35-27(19-8-21(29)12-22(30)9-19)33-26-24(28(35)37)11-20(13-31-26)18-6-17(14-34(3)4)7-23(10-18)38-5/h6-13,16H,14-15H2,1-5H3,(H,32,36). The largest absolute Gasteiger partial charge is 0.497 e. The molecule has 10 heteroatoms. The molecule has 0 fully saturated rings. The summed E-state index contributed by atoms with van der Waals surface area (Å²) < 4.78 is 20.9. The van der Waals surface area contributed by atoms with E-state index in [-0.39, 0.29) is 45.9 Å². The van der Waals surface area contributed by atoms with Gasteiger partial charge in [-0.3, -0.25) is 14.2 Å². The van der Waals surface area contributed by atoms with Crippen molar-refractivity contribution in [2.45, 2.75) is 33.0 Å². The Balaban J connectivity index is 1.91. The molecule has 198 valence electrons. The van der Waals surface area contributed by atoms with Gasteiger partial charge < -0.3 is 15.0 Å². The van der Waals surface area contributed by atoms with Gasteiger partial charge in [-0.15, -0.1) is 0 Å². The highest BCUT2D eigenvalue weighted by atomic mass is 35.5. The zero-order chi connectivity index (χ0) is 27.6. The van der Waals surface area contributed by atoms with Crippen LogP contribution in [-0.2, 0) is 17.9 Å². The van der Waals surface area contributed by atoms with Crippen molar-refractivity contribution in [1.82, 2.24) is 24.8 Å². The van der Waals surface area contributed by atoms with Gasteiger partial charge in [-0.2, -0.15) is 0 Å². The molecule has 0 bridgehead atoms. The Kier molecular flexibility index (Phi) is 8.08. The maximum atomic E-state index is 14.2. The first-order chi connectivity index (χ1) is 18.0. The maximum absolute atomic E-state index is 14.2. The fourth-order valence-corrected chi connectivity index (χ4v) is 4.45. The van der Waals surface area contributed by atoms with Gasteiger partial charge in [-0.25, -0.2) is 14.4 Å². The first-order valence-electron chi connectivity index (χ1n) is 12.0. The number of ether oxygens (including phenoxy) is 1. The Bertz CT molecular complexity index is 1550. The van der Waals surface area contributed by atoms with Crippen molar-refractivity contribution in [3.05, 3.63) is 75.4 Å². The predicted molar refractivity (Wildman–Crippen MR) is 147 cm³/mol. The number of fused-ring (bicyclic) bond motifs is 1. The fourth-order valence-electron chi connectivity index (χ4n) is 4.23. The van der Waals surface area contributed by atoms with Crippen LogP contribution in [0, 0.1) is 5.82 Å². The third-order valence-corrected chi connectivity index (χ3v) is 5.93. The Labute approximate surface area is 225 Å². The van der Waals surface area contributed by atoms with E-state index in [9.17, 15) is 14.0 Å². The van der Waals surface area contributed by atoms with Crippen LogP contribution in [0.4, 0.5) is 4.39 Å². The molecule has 4 aromatic rings. The van der Waals surface area contributed by atoms with E-state index in [1.165, 1.54) is 16.7 Å². The molecule has 0 saturated carbocycles. The molecule has 0 aliphatic heterocycles. The van der Waals surface area contributed by atoms with Crippen LogP contribution in [0.15, 0.2) is 53.5 Å². The van der Waals surface area contributed by atoms with Crippen molar-refractivity contribution >= 4 is 28.5 Å². The molecule has 2 aromatic heterocycles.